The molecular weight excluding hydrogens is 333 g/mol. The number of benzene rings is 2. The molecule has 110 valence electrons. The number of ether oxygens (including phenoxy) is 1. The lowest BCUT2D eigenvalue weighted by Crippen LogP contribution is -1.93. The number of rotatable bonds is 5. The van der Waals surface area contributed by atoms with Crippen molar-refractivity contribution < 1.29 is 9.66 Å². The maximum atomic E-state index is 10.6. The summed E-state index contributed by atoms with van der Waals surface area (Å²) in [6.45, 7) is 2.37. The number of nitro benzene ring substituents is 1. The Labute approximate surface area is 136 Å². The molecule has 0 aromatic heterocycles. The predicted octanol–water partition coefficient (Wildman–Crippen LogP) is 5.45. The molecule has 0 unspecified atom stereocenters. The zero-order chi connectivity index (χ0) is 15.4. The molecular formula is C14H11Cl2NO3S. The summed E-state index contributed by atoms with van der Waals surface area (Å²) in [5, 5.41) is 11.4. The van der Waals surface area contributed by atoms with E-state index in [1.54, 1.807) is 18.2 Å². The van der Waals surface area contributed by atoms with Gasteiger partial charge in [0.05, 0.1) is 16.6 Å². The lowest BCUT2D eigenvalue weighted by atomic mass is 10.3. The number of hydrogen-bond acceptors (Lipinski definition) is 4. The summed E-state index contributed by atoms with van der Waals surface area (Å²) >= 11 is 13.8. The molecule has 0 bridgehead atoms. The van der Waals surface area contributed by atoms with Gasteiger partial charge in [0.25, 0.3) is 5.69 Å². The number of nitro groups is 1. The van der Waals surface area contributed by atoms with Crippen LogP contribution >= 0.6 is 35.0 Å². The van der Waals surface area contributed by atoms with Crippen LogP contribution < -0.4 is 4.74 Å². The number of nitrogens with zero attached hydrogens (tertiary/aromatic N) is 1. The van der Waals surface area contributed by atoms with E-state index < -0.39 is 4.92 Å². The second-order valence-corrected chi connectivity index (χ2v) is 5.85. The van der Waals surface area contributed by atoms with Crippen LogP contribution in [0.15, 0.2) is 46.2 Å². The lowest BCUT2D eigenvalue weighted by molar-refractivity contribution is -0.384. The van der Waals surface area contributed by atoms with Crippen molar-refractivity contribution in [3.63, 3.8) is 0 Å². The van der Waals surface area contributed by atoms with Crippen LogP contribution in [0, 0.1) is 10.1 Å². The van der Waals surface area contributed by atoms with Gasteiger partial charge in [-0.15, -0.1) is 0 Å². The summed E-state index contributed by atoms with van der Waals surface area (Å²) in [7, 11) is 0. The average Bonchev–Trinajstić information content (AvgIpc) is 2.47. The minimum atomic E-state index is -0.435. The molecule has 0 radical (unpaired) electrons. The molecule has 0 aliphatic heterocycles. The first-order chi connectivity index (χ1) is 10.0. The van der Waals surface area contributed by atoms with Crippen molar-refractivity contribution >= 4 is 40.7 Å². The molecule has 2 rings (SSSR count). The van der Waals surface area contributed by atoms with Gasteiger partial charge >= 0.3 is 0 Å². The zero-order valence-corrected chi connectivity index (χ0v) is 13.3. The van der Waals surface area contributed by atoms with E-state index in [0.717, 1.165) is 9.79 Å². The summed E-state index contributed by atoms with van der Waals surface area (Å²) in [6, 6.07) is 9.81. The van der Waals surface area contributed by atoms with E-state index in [2.05, 4.69) is 0 Å². The van der Waals surface area contributed by atoms with Crippen molar-refractivity contribution in [2.24, 2.45) is 0 Å². The smallest absolute Gasteiger partial charge is 0.269 e. The van der Waals surface area contributed by atoms with Gasteiger partial charge in [0.2, 0.25) is 0 Å². The van der Waals surface area contributed by atoms with Crippen LogP contribution in [0.3, 0.4) is 0 Å². The Morgan fingerprint density at radius 1 is 1.14 bits per heavy atom. The van der Waals surface area contributed by atoms with E-state index in [9.17, 15) is 10.1 Å². The Bertz CT molecular complexity index is 662. The maximum Gasteiger partial charge on any atom is 0.269 e. The van der Waals surface area contributed by atoms with Gasteiger partial charge in [-0.25, -0.2) is 0 Å². The number of hydrogen-bond donors (Lipinski definition) is 0. The van der Waals surface area contributed by atoms with Crippen LogP contribution in [0.1, 0.15) is 6.92 Å². The van der Waals surface area contributed by atoms with E-state index in [1.165, 1.54) is 23.9 Å². The zero-order valence-electron chi connectivity index (χ0n) is 11.0. The molecule has 21 heavy (non-hydrogen) atoms. The minimum absolute atomic E-state index is 0.0511. The van der Waals surface area contributed by atoms with Crippen LogP contribution in [0.2, 0.25) is 10.0 Å². The van der Waals surface area contributed by atoms with Crippen molar-refractivity contribution in [3.8, 4) is 5.75 Å². The summed E-state index contributed by atoms with van der Waals surface area (Å²) < 4.78 is 5.36. The monoisotopic (exact) mass is 343 g/mol. The third kappa shape index (κ3) is 3.81. The Hall–Kier alpha value is -1.43. The maximum absolute atomic E-state index is 10.6. The SMILES string of the molecule is CCOc1ccc(Sc2ccc([N+](=O)[O-])cc2)c(Cl)c1Cl. The fraction of sp³-hybridized carbons (Fsp3) is 0.143. The quantitative estimate of drug-likeness (QED) is 0.534. The highest BCUT2D eigenvalue weighted by molar-refractivity contribution is 7.99. The first-order valence-corrected chi connectivity index (χ1v) is 7.63. The van der Waals surface area contributed by atoms with Gasteiger partial charge in [0, 0.05) is 21.9 Å². The summed E-state index contributed by atoms with van der Waals surface area (Å²) in [4.78, 5) is 11.8. The van der Waals surface area contributed by atoms with E-state index >= 15 is 0 Å². The molecule has 0 heterocycles. The molecule has 7 heteroatoms. The molecule has 0 aliphatic rings. The molecule has 0 spiro atoms. The largest absolute Gasteiger partial charge is 0.492 e. The highest BCUT2D eigenvalue weighted by Crippen LogP contribution is 2.41. The fourth-order valence-electron chi connectivity index (χ4n) is 1.62. The molecule has 4 nitrogen and oxygen atoms in total. The Kier molecular flexibility index (Phi) is 5.33. The van der Waals surface area contributed by atoms with Crippen molar-refractivity contribution in [2.75, 3.05) is 6.61 Å². The van der Waals surface area contributed by atoms with Gasteiger partial charge in [0.15, 0.2) is 0 Å². The van der Waals surface area contributed by atoms with Gasteiger partial charge in [0.1, 0.15) is 10.8 Å². The number of halogens is 2. The Morgan fingerprint density at radius 2 is 1.81 bits per heavy atom. The molecule has 0 amide bonds. The van der Waals surface area contributed by atoms with E-state index in [1.807, 2.05) is 13.0 Å². The van der Waals surface area contributed by atoms with Gasteiger partial charge in [-0.3, -0.25) is 10.1 Å². The van der Waals surface area contributed by atoms with Crippen LogP contribution in [0.4, 0.5) is 5.69 Å². The van der Waals surface area contributed by atoms with Gasteiger partial charge < -0.3 is 4.74 Å². The topological polar surface area (TPSA) is 52.4 Å². The second-order valence-electron chi connectivity index (χ2n) is 3.98. The third-order valence-corrected chi connectivity index (χ3v) is 4.63. The van der Waals surface area contributed by atoms with Gasteiger partial charge in [-0.2, -0.15) is 0 Å². The van der Waals surface area contributed by atoms with Crippen molar-refractivity contribution in [1.82, 2.24) is 0 Å². The Morgan fingerprint density at radius 3 is 2.38 bits per heavy atom. The van der Waals surface area contributed by atoms with Gasteiger partial charge in [-0.1, -0.05) is 35.0 Å². The molecule has 2 aromatic carbocycles. The standard InChI is InChI=1S/C14H11Cl2NO3S/c1-2-20-11-7-8-12(14(16)13(11)15)21-10-5-3-9(4-6-10)17(18)19/h3-8H,2H2,1H3. The summed E-state index contributed by atoms with van der Waals surface area (Å²) in [6.07, 6.45) is 0. The predicted molar refractivity (Wildman–Crippen MR) is 84.9 cm³/mol. The second kappa shape index (κ2) is 7.02. The van der Waals surface area contributed by atoms with Crippen molar-refractivity contribution in [3.05, 3.63) is 56.6 Å². The van der Waals surface area contributed by atoms with Gasteiger partial charge in [-0.05, 0) is 31.2 Å². The molecule has 0 aliphatic carbocycles. The normalized spacial score (nSPS) is 10.4. The minimum Gasteiger partial charge on any atom is -0.492 e. The Balaban J connectivity index is 2.23. The summed E-state index contributed by atoms with van der Waals surface area (Å²) in [5.41, 5.74) is 0.0511. The molecule has 0 saturated carbocycles. The molecule has 0 saturated heterocycles. The number of non-ortho nitro benzene ring substituents is 1. The average molecular weight is 344 g/mol. The van der Waals surface area contributed by atoms with Crippen LogP contribution in [0.5, 0.6) is 5.75 Å². The molecule has 2 aromatic rings. The fourth-order valence-corrected chi connectivity index (χ4v) is 3.02. The molecule has 0 fully saturated rings. The highest BCUT2D eigenvalue weighted by Gasteiger charge is 2.12. The van der Waals surface area contributed by atoms with E-state index in [4.69, 9.17) is 27.9 Å². The first-order valence-electron chi connectivity index (χ1n) is 6.06. The lowest BCUT2D eigenvalue weighted by Gasteiger charge is -2.10. The highest BCUT2D eigenvalue weighted by atomic mass is 35.5. The van der Waals surface area contributed by atoms with Crippen molar-refractivity contribution in [2.45, 2.75) is 16.7 Å². The van der Waals surface area contributed by atoms with E-state index in [0.29, 0.717) is 22.4 Å². The molecule has 0 N–H and O–H groups in total. The van der Waals surface area contributed by atoms with Crippen LogP contribution in [-0.4, -0.2) is 11.5 Å². The first kappa shape index (κ1) is 15.9. The van der Waals surface area contributed by atoms with Crippen LogP contribution in [-0.2, 0) is 0 Å². The van der Waals surface area contributed by atoms with Crippen LogP contribution in [0.25, 0.3) is 0 Å². The molecule has 0 atom stereocenters. The third-order valence-electron chi connectivity index (χ3n) is 2.59. The van der Waals surface area contributed by atoms with Crippen molar-refractivity contribution in [1.29, 1.82) is 0 Å². The summed E-state index contributed by atoms with van der Waals surface area (Å²) in [5.74, 6) is 0.539. The van der Waals surface area contributed by atoms with E-state index in [-0.39, 0.29) is 5.69 Å².